The number of fused-ring (bicyclic) bond motifs is 1. The summed E-state index contributed by atoms with van der Waals surface area (Å²) in [5.41, 5.74) is 3.07. The third-order valence-electron chi connectivity index (χ3n) is 7.77. The Labute approximate surface area is 284 Å². The van der Waals surface area contributed by atoms with Crippen LogP contribution in [-0.2, 0) is 27.5 Å². The molecule has 0 unspecified atom stereocenters. The van der Waals surface area contributed by atoms with Crippen LogP contribution in [0.1, 0.15) is 62.6 Å². The van der Waals surface area contributed by atoms with E-state index in [1.807, 2.05) is 16.8 Å². The molecular formula is C32H40ClF6N5O5. The summed E-state index contributed by atoms with van der Waals surface area (Å²) in [7, 11) is 0. The molecule has 0 bridgehead atoms. The van der Waals surface area contributed by atoms with E-state index in [4.69, 9.17) is 46.2 Å². The molecule has 1 aromatic carbocycles. The highest BCUT2D eigenvalue weighted by Crippen LogP contribution is 2.25. The van der Waals surface area contributed by atoms with Crippen molar-refractivity contribution in [1.29, 1.82) is 0 Å². The van der Waals surface area contributed by atoms with Gasteiger partial charge < -0.3 is 24.7 Å². The Balaban J connectivity index is 0.000000392. The van der Waals surface area contributed by atoms with Crippen molar-refractivity contribution in [2.45, 2.75) is 76.9 Å². The first-order chi connectivity index (χ1) is 23.1. The molecule has 0 spiro atoms. The Bertz CT molecular complexity index is 1450. The van der Waals surface area contributed by atoms with E-state index in [1.54, 1.807) is 0 Å². The van der Waals surface area contributed by atoms with Crippen molar-refractivity contribution < 1.29 is 50.9 Å². The summed E-state index contributed by atoms with van der Waals surface area (Å²) in [6.45, 7) is 7.73. The largest absolute Gasteiger partial charge is 0.490 e. The van der Waals surface area contributed by atoms with Crippen LogP contribution in [0, 0.1) is 0 Å². The molecule has 10 nitrogen and oxygen atoms in total. The fraction of sp³-hybridized carbons (Fsp3) is 0.562. The summed E-state index contributed by atoms with van der Waals surface area (Å²) in [6.07, 6.45) is 0.0567. The van der Waals surface area contributed by atoms with Crippen molar-refractivity contribution in [3.8, 4) is 0 Å². The zero-order valence-corrected chi connectivity index (χ0v) is 27.5. The number of carboxylic acid groups (broad SMARTS) is 2. The second-order valence-corrected chi connectivity index (χ2v) is 12.0. The molecule has 2 saturated heterocycles. The minimum absolute atomic E-state index is 0.523. The number of nitrogens with zero attached hydrogens (tertiary/aromatic N) is 5. The van der Waals surface area contributed by atoms with Crippen LogP contribution in [0.4, 0.5) is 32.2 Å². The van der Waals surface area contributed by atoms with Gasteiger partial charge >= 0.3 is 24.3 Å². The highest BCUT2D eigenvalue weighted by Gasteiger charge is 2.38. The number of carboxylic acids is 2. The van der Waals surface area contributed by atoms with Gasteiger partial charge in [-0.3, -0.25) is 0 Å². The van der Waals surface area contributed by atoms with E-state index < -0.39 is 24.3 Å². The number of hydrogen-bond acceptors (Lipinski definition) is 7. The molecule has 2 aliphatic heterocycles. The molecule has 0 radical (unpaired) electrons. The lowest BCUT2D eigenvalue weighted by molar-refractivity contribution is -0.193. The van der Waals surface area contributed by atoms with Crippen LogP contribution < -0.4 is 4.90 Å². The van der Waals surface area contributed by atoms with Crippen molar-refractivity contribution in [3.05, 3.63) is 52.7 Å². The minimum Gasteiger partial charge on any atom is -0.475 e. The molecule has 2 aromatic heterocycles. The highest BCUT2D eigenvalue weighted by molar-refractivity contribution is 6.30. The van der Waals surface area contributed by atoms with Gasteiger partial charge in [0.25, 0.3) is 0 Å². The van der Waals surface area contributed by atoms with Gasteiger partial charge in [0.1, 0.15) is 5.82 Å². The number of halogens is 7. The van der Waals surface area contributed by atoms with Crippen molar-refractivity contribution >= 4 is 40.4 Å². The summed E-state index contributed by atoms with van der Waals surface area (Å²) in [5, 5.41) is 21.1. The lowest BCUT2D eigenvalue weighted by Gasteiger charge is -2.26. The first-order valence-corrected chi connectivity index (χ1v) is 16.3. The Hall–Kier alpha value is -3.63. The number of ether oxygens (including phenoxy) is 1. The van der Waals surface area contributed by atoms with E-state index in [0.29, 0.717) is 13.2 Å². The molecule has 4 heterocycles. The third-order valence-corrected chi connectivity index (χ3v) is 8.02. The number of alkyl halides is 6. The number of aliphatic carboxylic acids is 2. The van der Waals surface area contributed by atoms with E-state index in [2.05, 4.69) is 34.1 Å². The van der Waals surface area contributed by atoms with Crippen LogP contribution in [-0.4, -0.2) is 93.5 Å². The van der Waals surface area contributed by atoms with Gasteiger partial charge in [-0.15, -0.1) is 0 Å². The fourth-order valence-corrected chi connectivity index (χ4v) is 5.43. The smallest absolute Gasteiger partial charge is 0.475 e. The number of pyridine rings is 1. The predicted octanol–water partition coefficient (Wildman–Crippen LogP) is 7.17. The van der Waals surface area contributed by atoms with Crippen LogP contribution in [0.15, 0.2) is 36.4 Å². The zero-order valence-electron chi connectivity index (χ0n) is 26.8. The summed E-state index contributed by atoms with van der Waals surface area (Å²) in [5.74, 6) is -4.45. The maximum absolute atomic E-state index is 10.6. The summed E-state index contributed by atoms with van der Waals surface area (Å²) >= 11 is 6.11. The lowest BCUT2D eigenvalue weighted by atomic mass is 10.1. The first-order valence-electron chi connectivity index (χ1n) is 15.9. The number of benzene rings is 1. The predicted molar refractivity (Wildman–Crippen MR) is 171 cm³/mol. The second kappa shape index (κ2) is 18.9. The third kappa shape index (κ3) is 13.7. The Morgan fingerprint density at radius 3 is 1.88 bits per heavy atom. The maximum atomic E-state index is 10.6. The Morgan fingerprint density at radius 2 is 1.33 bits per heavy atom. The SMILES string of the molecule is Clc1ccc(Cn2nc(COCCCN3CCCCC3)c3ccc(N4CCCCCC4)nc32)cc1.O=C(O)C(F)(F)F.O=C(O)C(F)(F)F. The molecule has 272 valence electrons. The van der Waals surface area contributed by atoms with E-state index >= 15 is 0 Å². The summed E-state index contributed by atoms with van der Waals surface area (Å²) in [4.78, 5) is 27.9. The van der Waals surface area contributed by atoms with Crippen molar-refractivity contribution in [3.63, 3.8) is 0 Å². The molecule has 2 N–H and O–H groups in total. The molecule has 49 heavy (non-hydrogen) atoms. The quantitative estimate of drug-likeness (QED) is 0.175. The van der Waals surface area contributed by atoms with Crippen LogP contribution in [0.3, 0.4) is 0 Å². The van der Waals surface area contributed by atoms with Crippen molar-refractivity contribution in [2.24, 2.45) is 0 Å². The number of rotatable bonds is 9. The maximum Gasteiger partial charge on any atom is 0.490 e. The summed E-state index contributed by atoms with van der Waals surface area (Å²) < 4.78 is 71.6. The van der Waals surface area contributed by atoms with Crippen LogP contribution in [0.2, 0.25) is 5.02 Å². The van der Waals surface area contributed by atoms with Crippen LogP contribution in [0.25, 0.3) is 11.0 Å². The molecule has 3 aromatic rings. The molecule has 0 amide bonds. The van der Waals surface area contributed by atoms with Gasteiger partial charge in [0.15, 0.2) is 5.65 Å². The molecule has 2 aliphatic rings. The van der Waals surface area contributed by atoms with E-state index in [9.17, 15) is 26.3 Å². The van der Waals surface area contributed by atoms with Gasteiger partial charge in [0.2, 0.25) is 0 Å². The molecule has 17 heteroatoms. The number of aromatic nitrogens is 3. The zero-order chi connectivity index (χ0) is 36.0. The molecule has 2 fully saturated rings. The van der Waals surface area contributed by atoms with Crippen molar-refractivity contribution in [1.82, 2.24) is 19.7 Å². The number of piperidine rings is 1. The van der Waals surface area contributed by atoms with Crippen molar-refractivity contribution in [2.75, 3.05) is 44.2 Å². The molecule has 0 saturated carbocycles. The Morgan fingerprint density at radius 1 is 0.796 bits per heavy atom. The monoisotopic (exact) mass is 723 g/mol. The van der Waals surface area contributed by atoms with Gasteiger partial charge in [-0.1, -0.05) is 43.0 Å². The number of carbonyl (C=O) groups is 2. The molecular weight excluding hydrogens is 684 g/mol. The van der Waals surface area contributed by atoms with Gasteiger partial charge in [-0.05, 0) is 75.0 Å². The van der Waals surface area contributed by atoms with E-state index in [0.717, 1.165) is 65.8 Å². The molecule has 0 aliphatic carbocycles. The minimum atomic E-state index is -5.08. The van der Waals surface area contributed by atoms with Gasteiger partial charge in [0, 0.05) is 36.7 Å². The normalized spacial score (nSPS) is 15.9. The number of hydrogen-bond donors (Lipinski definition) is 2. The van der Waals surface area contributed by atoms with Gasteiger partial charge in [-0.2, -0.15) is 31.4 Å². The standard InChI is InChI=1S/C28H38ClN5O.2C2HF3O2/c29-24-11-9-23(10-12-24)21-34-28-25(13-14-27(30-28)33-18-6-1-2-7-19-33)26(31-34)22-35-20-8-17-32-15-4-3-5-16-32;2*3-2(4,5)1(6)7/h9-14H,1-8,15-22H2;2*(H,6,7). The van der Waals surface area contributed by atoms with Crippen LogP contribution >= 0.6 is 11.6 Å². The average molecular weight is 724 g/mol. The first kappa shape index (κ1) is 39.8. The van der Waals surface area contributed by atoms with Gasteiger partial charge in [-0.25, -0.2) is 19.3 Å². The Kier molecular flexibility index (Phi) is 15.4. The summed E-state index contributed by atoms with van der Waals surface area (Å²) in [6, 6.07) is 12.4. The van der Waals surface area contributed by atoms with E-state index in [1.165, 1.54) is 58.0 Å². The van der Waals surface area contributed by atoms with Gasteiger partial charge in [0.05, 0.1) is 18.8 Å². The topological polar surface area (TPSA) is 121 Å². The fourth-order valence-electron chi connectivity index (χ4n) is 5.30. The number of anilines is 1. The average Bonchev–Trinajstić information content (AvgIpc) is 3.19. The highest BCUT2D eigenvalue weighted by atomic mass is 35.5. The molecule has 5 rings (SSSR count). The number of likely N-dealkylation sites (tertiary alicyclic amines) is 1. The van der Waals surface area contributed by atoms with Crippen LogP contribution in [0.5, 0.6) is 0 Å². The lowest BCUT2D eigenvalue weighted by Crippen LogP contribution is -2.31. The van der Waals surface area contributed by atoms with E-state index in [-0.39, 0.29) is 0 Å². The second-order valence-electron chi connectivity index (χ2n) is 11.6. The molecule has 0 atom stereocenters.